The normalized spacial score (nSPS) is 10.3. The van der Waals surface area contributed by atoms with Crippen LogP contribution in [0.15, 0.2) is 42.5 Å². The third-order valence-corrected chi connectivity index (χ3v) is 5.63. The molecule has 11 heteroatoms. The minimum absolute atomic E-state index is 0. The maximum atomic E-state index is 12.4. The van der Waals surface area contributed by atoms with Gasteiger partial charge in [0.1, 0.15) is 16.6 Å². The first-order valence-electron chi connectivity index (χ1n) is 10.1. The van der Waals surface area contributed by atoms with Crippen molar-refractivity contribution in [2.24, 2.45) is 5.73 Å². The van der Waals surface area contributed by atoms with Gasteiger partial charge in [0.25, 0.3) is 0 Å². The molecule has 1 heterocycles. The molecule has 176 valence electrons. The van der Waals surface area contributed by atoms with Gasteiger partial charge in [-0.2, -0.15) is 0 Å². The standard InChI is InChI=1S/C22H25N5O4S.ClH/c1-2-10-27(11-9-20(28)29)22(30)31-16-7-8-18-17(12-16)26-19(32-18)13-25-15-5-3-14(4-6-15)21(23)24;/h3-8,12,25H,2,9-11,13H2,1H3,(H3,23,24)(H,28,29);1H. The highest BCUT2D eigenvalue weighted by atomic mass is 35.5. The SMILES string of the molecule is CCCN(CCC(=O)O)C(=O)Oc1ccc2sc(CNc3ccc(C(=N)N)cc3)nc2c1.Cl. The lowest BCUT2D eigenvalue weighted by atomic mass is 10.2. The summed E-state index contributed by atoms with van der Waals surface area (Å²) in [5.74, 6) is -0.568. The number of amidine groups is 1. The summed E-state index contributed by atoms with van der Waals surface area (Å²) in [4.78, 5) is 29.3. The van der Waals surface area contributed by atoms with E-state index >= 15 is 0 Å². The zero-order valence-corrected chi connectivity index (χ0v) is 19.7. The number of aliphatic carboxylic acids is 1. The summed E-state index contributed by atoms with van der Waals surface area (Å²) in [6, 6.07) is 12.5. The van der Waals surface area contributed by atoms with Crippen molar-refractivity contribution in [2.75, 3.05) is 18.4 Å². The van der Waals surface area contributed by atoms with Gasteiger partial charge in [0.15, 0.2) is 0 Å². The van der Waals surface area contributed by atoms with E-state index in [-0.39, 0.29) is 31.2 Å². The van der Waals surface area contributed by atoms with Crippen LogP contribution in [-0.2, 0) is 11.3 Å². The summed E-state index contributed by atoms with van der Waals surface area (Å²) >= 11 is 1.53. The zero-order chi connectivity index (χ0) is 23.1. The minimum atomic E-state index is -0.960. The molecule has 0 atom stereocenters. The first kappa shape index (κ1) is 25.9. The number of hydrogen-bond acceptors (Lipinski definition) is 7. The van der Waals surface area contributed by atoms with Crippen LogP contribution in [-0.4, -0.2) is 46.0 Å². The summed E-state index contributed by atoms with van der Waals surface area (Å²) in [6.07, 6.45) is 0.000408. The molecule has 0 aliphatic rings. The molecule has 0 bridgehead atoms. The number of anilines is 1. The van der Waals surface area contributed by atoms with Gasteiger partial charge < -0.3 is 25.8 Å². The number of halogens is 1. The van der Waals surface area contributed by atoms with Crippen molar-refractivity contribution in [3.8, 4) is 5.75 Å². The van der Waals surface area contributed by atoms with Gasteiger partial charge >= 0.3 is 12.1 Å². The van der Waals surface area contributed by atoms with Crippen molar-refractivity contribution in [3.05, 3.63) is 53.0 Å². The number of ether oxygens (including phenoxy) is 1. The van der Waals surface area contributed by atoms with Crippen LogP contribution in [0.4, 0.5) is 10.5 Å². The van der Waals surface area contributed by atoms with Crippen LogP contribution in [0.3, 0.4) is 0 Å². The first-order valence-corrected chi connectivity index (χ1v) is 10.9. The number of rotatable bonds is 10. The van der Waals surface area contributed by atoms with Crippen LogP contribution < -0.4 is 15.8 Å². The lowest BCUT2D eigenvalue weighted by molar-refractivity contribution is -0.137. The van der Waals surface area contributed by atoms with E-state index in [0.717, 1.165) is 20.9 Å². The second-order valence-corrected chi connectivity index (χ2v) is 8.20. The molecule has 2 aromatic carbocycles. The maximum absolute atomic E-state index is 12.4. The van der Waals surface area contributed by atoms with E-state index < -0.39 is 12.1 Å². The summed E-state index contributed by atoms with van der Waals surface area (Å²) in [5.41, 5.74) is 7.74. The molecular formula is C22H26ClN5O4S. The molecule has 0 radical (unpaired) electrons. The van der Waals surface area contributed by atoms with Gasteiger partial charge in [-0.1, -0.05) is 6.92 Å². The molecule has 0 unspecified atom stereocenters. The number of nitrogens with two attached hydrogens (primary N) is 1. The van der Waals surface area contributed by atoms with Crippen molar-refractivity contribution in [1.82, 2.24) is 9.88 Å². The smallest absolute Gasteiger partial charge is 0.415 e. The van der Waals surface area contributed by atoms with Crippen molar-refractivity contribution in [1.29, 1.82) is 5.41 Å². The highest BCUT2D eigenvalue weighted by Crippen LogP contribution is 2.27. The van der Waals surface area contributed by atoms with Gasteiger partial charge in [-0.3, -0.25) is 10.2 Å². The van der Waals surface area contributed by atoms with Gasteiger partial charge in [-0.25, -0.2) is 9.78 Å². The van der Waals surface area contributed by atoms with Crippen LogP contribution >= 0.6 is 23.7 Å². The molecule has 33 heavy (non-hydrogen) atoms. The average Bonchev–Trinajstić information content (AvgIpc) is 3.17. The Hall–Kier alpha value is -3.37. The van der Waals surface area contributed by atoms with E-state index in [4.69, 9.17) is 21.0 Å². The number of carbonyl (C=O) groups is 2. The summed E-state index contributed by atoms with van der Waals surface area (Å²) in [6.45, 7) is 2.96. The summed E-state index contributed by atoms with van der Waals surface area (Å²) < 4.78 is 6.42. The lowest BCUT2D eigenvalue weighted by Gasteiger charge is -2.20. The molecule has 0 aliphatic heterocycles. The Morgan fingerprint density at radius 1 is 1.21 bits per heavy atom. The van der Waals surface area contributed by atoms with E-state index in [2.05, 4.69) is 10.3 Å². The fourth-order valence-corrected chi connectivity index (χ4v) is 3.89. The first-order chi connectivity index (χ1) is 15.4. The van der Waals surface area contributed by atoms with Crippen molar-refractivity contribution in [2.45, 2.75) is 26.3 Å². The topological polar surface area (TPSA) is 142 Å². The van der Waals surface area contributed by atoms with Crippen LogP contribution in [0, 0.1) is 5.41 Å². The Morgan fingerprint density at radius 2 is 1.94 bits per heavy atom. The molecule has 1 aromatic heterocycles. The number of fused-ring (bicyclic) bond motifs is 1. The highest BCUT2D eigenvalue weighted by Gasteiger charge is 2.17. The Balaban J connectivity index is 0.00000385. The van der Waals surface area contributed by atoms with Crippen LogP contribution in [0.5, 0.6) is 5.75 Å². The fraction of sp³-hybridized carbons (Fsp3) is 0.273. The van der Waals surface area contributed by atoms with Crippen LogP contribution in [0.1, 0.15) is 30.3 Å². The molecule has 5 N–H and O–H groups in total. The molecule has 0 aliphatic carbocycles. The van der Waals surface area contributed by atoms with Crippen LogP contribution in [0.25, 0.3) is 10.2 Å². The monoisotopic (exact) mass is 491 g/mol. The molecule has 3 aromatic rings. The fourth-order valence-electron chi connectivity index (χ4n) is 3.00. The minimum Gasteiger partial charge on any atom is -0.481 e. The number of benzene rings is 2. The molecule has 0 saturated carbocycles. The quantitative estimate of drug-likeness (QED) is 0.244. The predicted molar refractivity (Wildman–Crippen MR) is 132 cm³/mol. The van der Waals surface area contributed by atoms with E-state index in [1.807, 2.05) is 25.1 Å². The van der Waals surface area contributed by atoms with Crippen molar-refractivity contribution in [3.63, 3.8) is 0 Å². The van der Waals surface area contributed by atoms with E-state index in [0.29, 0.717) is 30.8 Å². The maximum Gasteiger partial charge on any atom is 0.415 e. The molecule has 0 spiro atoms. The molecule has 9 nitrogen and oxygen atoms in total. The number of carbonyl (C=O) groups excluding carboxylic acids is 1. The third-order valence-electron chi connectivity index (χ3n) is 4.60. The molecule has 0 saturated heterocycles. The molecular weight excluding hydrogens is 466 g/mol. The third kappa shape index (κ3) is 7.33. The van der Waals surface area contributed by atoms with Crippen molar-refractivity contribution >= 4 is 57.5 Å². The predicted octanol–water partition coefficient (Wildman–Crippen LogP) is 4.30. The Kier molecular flexibility index (Phi) is 9.43. The lowest BCUT2D eigenvalue weighted by Crippen LogP contribution is -2.35. The van der Waals surface area contributed by atoms with Gasteiger partial charge in [-0.05, 0) is 42.8 Å². The highest BCUT2D eigenvalue weighted by molar-refractivity contribution is 7.18. The van der Waals surface area contributed by atoms with E-state index in [9.17, 15) is 9.59 Å². The number of nitrogens with one attached hydrogen (secondary N) is 2. The van der Waals surface area contributed by atoms with Gasteiger partial charge in [-0.15, -0.1) is 23.7 Å². The molecule has 1 amide bonds. The average molecular weight is 492 g/mol. The summed E-state index contributed by atoms with van der Waals surface area (Å²) in [7, 11) is 0. The number of carboxylic acids is 1. The van der Waals surface area contributed by atoms with Gasteiger partial charge in [0, 0.05) is 30.4 Å². The van der Waals surface area contributed by atoms with Gasteiger partial charge in [0.2, 0.25) is 0 Å². The Bertz CT molecular complexity index is 1120. The van der Waals surface area contributed by atoms with Crippen molar-refractivity contribution < 1.29 is 19.4 Å². The largest absolute Gasteiger partial charge is 0.481 e. The number of aromatic nitrogens is 1. The second-order valence-electron chi connectivity index (χ2n) is 7.08. The summed E-state index contributed by atoms with van der Waals surface area (Å²) in [5, 5.41) is 20.5. The van der Waals surface area contributed by atoms with E-state index in [1.165, 1.54) is 16.2 Å². The second kappa shape index (κ2) is 12.0. The number of amides is 1. The van der Waals surface area contributed by atoms with Crippen LogP contribution in [0.2, 0.25) is 0 Å². The Labute approximate surface area is 201 Å². The zero-order valence-electron chi connectivity index (χ0n) is 18.0. The van der Waals surface area contributed by atoms with Gasteiger partial charge in [0.05, 0.1) is 23.2 Å². The molecule has 0 fully saturated rings. The van der Waals surface area contributed by atoms with E-state index in [1.54, 1.807) is 24.3 Å². The Morgan fingerprint density at radius 3 is 2.58 bits per heavy atom. The number of nitrogens with zero attached hydrogens (tertiary/aromatic N) is 2. The number of hydrogen-bond donors (Lipinski definition) is 4. The molecule has 3 rings (SSSR count). The number of nitrogen functional groups attached to an aromatic ring is 1. The number of thiazole rings is 1. The number of carboxylic acid groups (broad SMARTS) is 1.